The number of H-pyrrole nitrogens is 1. The van der Waals surface area contributed by atoms with Crippen molar-refractivity contribution in [1.29, 1.82) is 0 Å². The molecule has 0 aliphatic carbocycles. The SMILES string of the molecule is O=C(Cc1ccc(C(F)(F)F)cc1)Nc1cn[nH]c1. The minimum atomic E-state index is -4.36. The van der Waals surface area contributed by atoms with Gasteiger partial charge in [0.15, 0.2) is 0 Å². The largest absolute Gasteiger partial charge is 0.416 e. The summed E-state index contributed by atoms with van der Waals surface area (Å²) in [5.74, 6) is -0.318. The van der Waals surface area contributed by atoms with Crippen LogP contribution in [0.2, 0.25) is 0 Å². The van der Waals surface area contributed by atoms with Crippen molar-refractivity contribution in [3.63, 3.8) is 0 Å². The van der Waals surface area contributed by atoms with Gasteiger partial charge in [-0.1, -0.05) is 12.1 Å². The van der Waals surface area contributed by atoms with Crippen LogP contribution in [0.4, 0.5) is 18.9 Å². The molecule has 0 atom stereocenters. The number of benzene rings is 1. The highest BCUT2D eigenvalue weighted by Crippen LogP contribution is 2.29. The molecule has 2 aromatic rings. The van der Waals surface area contributed by atoms with Crippen molar-refractivity contribution in [3.8, 4) is 0 Å². The zero-order valence-corrected chi connectivity index (χ0v) is 9.66. The second-order valence-electron chi connectivity index (χ2n) is 3.91. The van der Waals surface area contributed by atoms with Gasteiger partial charge in [0.1, 0.15) is 0 Å². The lowest BCUT2D eigenvalue weighted by Crippen LogP contribution is -2.14. The molecule has 0 saturated carbocycles. The summed E-state index contributed by atoms with van der Waals surface area (Å²) in [6.45, 7) is 0. The second kappa shape index (κ2) is 5.13. The molecule has 0 fully saturated rings. The van der Waals surface area contributed by atoms with Crippen LogP contribution in [0.25, 0.3) is 0 Å². The van der Waals surface area contributed by atoms with E-state index in [2.05, 4.69) is 15.5 Å². The number of nitrogens with zero attached hydrogens (tertiary/aromatic N) is 1. The van der Waals surface area contributed by atoms with E-state index in [0.29, 0.717) is 11.3 Å². The zero-order valence-electron chi connectivity index (χ0n) is 9.66. The van der Waals surface area contributed by atoms with Crippen molar-refractivity contribution >= 4 is 11.6 Å². The van der Waals surface area contributed by atoms with Gasteiger partial charge in [-0.2, -0.15) is 18.3 Å². The van der Waals surface area contributed by atoms with Crippen molar-refractivity contribution < 1.29 is 18.0 Å². The average molecular weight is 269 g/mol. The summed E-state index contributed by atoms with van der Waals surface area (Å²) in [5.41, 5.74) is 0.289. The Balaban J connectivity index is 1.98. The van der Waals surface area contributed by atoms with Gasteiger partial charge in [-0.15, -0.1) is 0 Å². The number of aromatic amines is 1. The highest BCUT2D eigenvalue weighted by atomic mass is 19.4. The van der Waals surface area contributed by atoms with Gasteiger partial charge >= 0.3 is 6.18 Å². The molecule has 0 aliphatic heterocycles. The van der Waals surface area contributed by atoms with Gasteiger partial charge in [0.05, 0.1) is 23.9 Å². The molecule has 19 heavy (non-hydrogen) atoms. The summed E-state index contributed by atoms with van der Waals surface area (Å²) in [5, 5.41) is 8.75. The summed E-state index contributed by atoms with van der Waals surface area (Å²) in [6, 6.07) is 4.50. The van der Waals surface area contributed by atoms with Crippen LogP contribution in [0.15, 0.2) is 36.7 Å². The number of carbonyl (C=O) groups excluding carboxylic acids is 1. The minimum Gasteiger partial charge on any atom is -0.323 e. The van der Waals surface area contributed by atoms with Crippen LogP contribution in [0, 0.1) is 0 Å². The van der Waals surface area contributed by atoms with Gasteiger partial charge in [-0.05, 0) is 17.7 Å². The van der Waals surface area contributed by atoms with E-state index in [9.17, 15) is 18.0 Å². The van der Waals surface area contributed by atoms with E-state index in [1.807, 2.05) is 0 Å². The molecule has 100 valence electrons. The molecule has 0 unspecified atom stereocenters. The first kappa shape index (κ1) is 13.1. The third-order valence-corrected chi connectivity index (χ3v) is 2.43. The Morgan fingerprint density at radius 1 is 1.26 bits per heavy atom. The number of alkyl halides is 3. The number of rotatable bonds is 3. The number of anilines is 1. The van der Waals surface area contributed by atoms with Crippen LogP contribution in [0.3, 0.4) is 0 Å². The number of carbonyl (C=O) groups is 1. The maximum Gasteiger partial charge on any atom is 0.416 e. The molecule has 2 N–H and O–H groups in total. The number of nitrogens with one attached hydrogen (secondary N) is 2. The summed E-state index contributed by atoms with van der Waals surface area (Å²) < 4.78 is 37.0. The summed E-state index contributed by atoms with van der Waals surface area (Å²) in [7, 11) is 0. The maximum atomic E-state index is 12.3. The summed E-state index contributed by atoms with van der Waals surface area (Å²) in [6.07, 6.45) is -1.42. The molecule has 1 aromatic heterocycles. The third kappa shape index (κ3) is 3.57. The highest BCUT2D eigenvalue weighted by molar-refractivity contribution is 5.91. The van der Waals surface area contributed by atoms with Crippen LogP contribution in [-0.2, 0) is 17.4 Å². The molecule has 1 amide bonds. The Kier molecular flexibility index (Phi) is 3.55. The van der Waals surface area contributed by atoms with Gasteiger partial charge < -0.3 is 5.32 Å². The maximum absolute atomic E-state index is 12.3. The van der Waals surface area contributed by atoms with Crippen molar-refractivity contribution in [2.45, 2.75) is 12.6 Å². The van der Waals surface area contributed by atoms with Gasteiger partial charge in [0.2, 0.25) is 5.91 Å². The standard InChI is InChI=1S/C12H10F3N3O/c13-12(14,15)9-3-1-8(2-4-9)5-11(19)18-10-6-16-17-7-10/h1-4,6-7H,5H2,(H,16,17)(H,18,19). The van der Waals surface area contributed by atoms with Gasteiger partial charge in [0.25, 0.3) is 0 Å². The molecule has 0 radical (unpaired) electrons. The van der Waals surface area contributed by atoms with Crippen LogP contribution in [0.5, 0.6) is 0 Å². The van der Waals surface area contributed by atoms with Crippen LogP contribution in [0.1, 0.15) is 11.1 Å². The fourth-order valence-corrected chi connectivity index (χ4v) is 1.52. The summed E-state index contributed by atoms with van der Waals surface area (Å²) in [4.78, 5) is 11.6. The number of amides is 1. The van der Waals surface area contributed by atoms with Crippen molar-refractivity contribution in [2.75, 3.05) is 5.32 Å². The molecule has 1 aromatic carbocycles. The molecule has 1 heterocycles. The van der Waals surface area contributed by atoms with E-state index in [0.717, 1.165) is 12.1 Å². The van der Waals surface area contributed by atoms with Crippen molar-refractivity contribution in [3.05, 3.63) is 47.8 Å². The fraction of sp³-hybridized carbons (Fsp3) is 0.167. The predicted octanol–water partition coefficient (Wildman–Crippen LogP) is 2.61. The van der Waals surface area contributed by atoms with E-state index in [-0.39, 0.29) is 12.3 Å². The summed E-state index contributed by atoms with van der Waals surface area (Å²) >= 11 is 0. The molecule has 0 saturated heterocycles. The van der Waals surface area contributed by atoms with Crippen LogP contribution in [-0.4, -0.2) is 16.1 Å². The average Bonchev–Trinajstić information content (AvgIpc) is 2.81. The molecular formula is C12H10F3N3O. The molecule has 0 aliphatic rings. The normalized spacial score (nSPS) is 11.3. The third-order valence-electron chi connectivity index (χ3n) is 2.43. The van der Waals surface area contributed by atoms with Crippen molar-refractivity contribution in [1.82, 2.24) is 10.2 Å². The Labute approximate surface area is 106 Å². The first-order valence-corrected chi connectivity index (χ1v) is 5.40. The van der Waals surface area contributed by atoms with E-state index >= 15 is 0 Å². The van der Waals surface area contributed by atoms with Crippen LogP contribution < -0.4 is 5.32 Å². The zero-order chi connectivity index (χ0) is 13.9. The fourth-order valence-electron chi connectivity index (χ4n) is 1.52. The van der Waals surface area contributed by atoms with E-state index in [1.165, 1.54) is 24.5 Å². The topological polar surface area (TPSA) is 57.8 Å². The minimum absolute atomic E-state index is 0.00329. The Morgan fingerprint density at radius 2 is 1.95 bits per heavy atom. The van der Waals surface area contributed by atoms with Gasteiger partial charge in [0, 0.05) is 6.20 Å². The molecule has 2 rings (SSSR count). The molecule has 0 spiro atoms. The number of hydrogen-bond acceptors (Lipinski definition) is 2. The van der Waals surface area contributed by atoms with E-state index in [1.54, 1.807) is 0 Å². The predicted molar refractivity (Wildman–Crippen MR) is 62.4 cm³/mol. The number of hydrogen-bond donors (Lipinski definition) is 2. The highest BCUT2D eigenvalue weighted by Gasteiger charge is 2.29. The van der Waals surface area contributed by atoms with Crippen LogP contribution >= 0.6 is 0 Å². The molecule has 0 bridgehead atoms. The lowest BCUT2D eigenvalue weighted by atomic mass is 10.1. The quantitative estimate of drug-likeness (QED) is 0.899. The van der Waals surface area contributed by atoms with E-state index < -0.39 is 11.7 Å². The first-order chi connectivity index (χ1) is 8.95. The number of aromatic nitrogens is 2. The van der Waals surface area contributed by atoms with E-state index in [4.69, 9.17) is 0 Å². The lowest BCUT2D eigenvalue weighted by Gasteiger charge is -2.07. The van der Waals surface area contributed by atoms with Gasteiger partial charge in [-0.25, -0.2) is 0 Å². The first-order valence-electron chi connectivity index (χ1n) is 5.40. The molecule has 4 nitrogen and oxygen atoms in total. The Hall–Kier alpha value is -2.31. The Morgan fingerprint density at radius 3 is 2.47 bits per heavy atom. The second-order valence-corrected chi connectivity index (χ2v) is 3.91. The molecular weight excluding hydrogens is 259 g/mol. The number of halogens is 3. The molecule has 7 heteroatoms. The smallest absolute Gasteiger partial charge is 0.323 e. The monoisotopic (exact) mass is 269 g/mol. The van der Waals surface area contributed by atoms with Crippen molar-refractivity contribution in [2.24, 2.45) is 0 Å². The Bertz CT molecular complexity index is 547. The lowest BCUT2D eigenvalue weighted by molar-refractivity contribution is -0.137. The van der Waals surface area contributed by atoms with Gasteiger partial charge in [-0.3, -0.25) is 9.89 Å².